The molecule has 0 spiro atoms. The van der Waals surface area contributed by atoms with Gasteiger partial charge in [0.25, 0.3) is 0 Å². The van der Waals surface area contributed by atoms with Crippen molar-refractivity contribution in [2.75, 3.05) is 0 Å². The zero-order chi connectivity index (χ0) is 12.4. The number of nitrogens with zero attached hydrogens (tertiary/aromatic N) is 1. The molecule has 1 N–H and O–H groups in total. The first-order chi connectivity index (χ1) is 8.86. The molecular formula is C15H11NO2. The smallest absolute Gasteiger partial charge is 0.132 e. The van der Waals surface area contributed by atoms with E-state index < -0.39 is 0 Å². The topological polar surface area (TPSA) is 46.3 Å². The molecule has 18 heavy (non-hydrogen) atoms. The number of para-hydroxylation sites is 1. The summed E-state index contributed by atoms with van der Waals surface area (Å²) in [7, 11) is 0. The Morgan fingerprint density at radius 3 is 2.33 bits per heavy atom. The minimum absolute atomic E-state index is 0.198. The number of aromatic hydroxyl groups is 1. The second kappa shape index (κ2) is 4.37. The molecule has 0 aliphatic heterocycles. The van der Waals surface area contributed by atoms with Gasteiger partial charge in [-0.2, -0.15) is 0 Å². The van der Waals surface area contributed by atoms with E-state index in [1.54, 1.807) is 18.4 Å². The molecule has 2 aromatic carbocycles. The molecule has 0 fully saturated rings. The van der Waals surface area contributed by atoms with Gasteiger partial charge < -0.3 is 9.63 Å². The number of aromatic nitrogens is 1. The number of hydrogen-bond acceptors (Lipinski definition) is 3. The summed E-state index contributed by atoms with van der Waals surface area (Å²) in [4.78, 5) is 0. The number of rotatable bonds is 2. The zero-order valence-electron chi connectivity index (χ0n) is 9.58. The predicted octanol–water partition coefficient (Wildman–Crippen LogP) is 3.71. The van der Waals surface area contributed by atoms with Crippen LogP contribution in [0.25, 0.3) is 22.4 Å². The normalized spacial score (nSPS) is 10.4. The fourth-order valence-corrected chi connectivity index (χ4v) is 1.93. The van der Waals surface area contributed by atoms with Gasteiger partial charge in [-0.3, -0.25) is 0 Å². The average Bonchev–Trinajstić information content (AvgIpc) is 2.89. The lowest BCUT2D eigenvalue weighted by Gasteiger charge is -2.03. The Balaban J connectivity index is 2.16. The van der Waals surface area contributed by atoms with Gasteiger partial charge in [0.1, 0.15) is 17.7 Å². The Kier molecular flexibility index (Phi) is 2.57. The fraction of sp³-hybridized carbons (Fsp3) is 0. The van der Waals surface area contributed by atoms with Crippen molar-refractivity contribution in [3.8, 4) is 28.1 Å². The van der Waals surface area contributed by atoms with Crippen LogP contribution in [0.5, 0.6) is 5.75 Å². The third-order valence-electron chi connectivity index (χ3n) is 2.81. The Labute approximate surface area is 104 Å². The highest BCUT2D eigenvalue weighted by Gasteiger charge is 2.14. The number of benzene rings is 2. The van der Waals surface area contributed by atoms with E-state index in [4.69, 9.17) is 4.52 Å². The van der Waals surface area contributed by atoms with Crippen LogP contribution in [-0.2, 0) is 0 Å². The summed E-state index contributed by atoms with van der Waals surface area (Å²) < 4.78 is 5.05. The minimum atomic E-state index is 0.198. The summed E-state index contributed by atoms with van der Waals surface area (Å²) in [5.74, 6) is 0.198. The summed E-state index contributed by atoms with van der Waals surface area (Å²) in [5, 5.41) is 13.9. The molecule has 88 valence electrons. The molecule has 3 nitrogen and oxygen atoms in total. The Morgan fingerprint density at radius 1 is 0.833 bits per heavy atom. The maximum Gasteiger partial charge on any atom is 0.132 e. The Bertz CT molecular complexity index is 659. The molecule has 0 unspecified atom stereocenters. The van der Waals surface area contributed by atoms with Gasteiger partial charge in [-0.1, -0.05) is 47.6 Å². The van der Waals surface area contributed by atoms with Gasteiger partial charge >= 0.3 is 0 Å². The van der Waals surface area contributed by atoms with Crippen molar-refractivity contribution < 1.29 is 9.63 Å². The highest BCUT2D eigenvalue weighted by molar-refractivity contribution is 5.82. The quantitative estimate of drug-likeness (QED) is 0.739. The molecule has 0 saturated carbocycles. The van der Waals surface area contributed by atoms with Crippen LogP contribution in [0.1, 0.15) is 0 Å². The van der Waals surface area contributed by atoms with Crippen molar-refractivity contribution in [1.29, 1.82) is 0 Å². The molecule has 0 amide bonds. The molecule has 3 aromatic rings. The standard InChI is InChI=1S/C15H11NO2/c17-14-9-5-4-8-12(14)15-13(10-18-16-15)11-6-2-1-3-7-11/h1-10,17H. The number of hydrogen-bond donors (Lipinski definition) is 1. The van der Waals surface area contributed by atoms with E-state index in [0.29, 0.717) is 11.3 Å². The van der Waals surface area contributed by atoms with Crippen molar-refractivity contribution in [3.05, 3.63) is 60.9 Å². The molecule has 1 aromatic heterocycles. The minimum Gasteiger partial charge on any atom is -0.507 e. The van der Waals surface area contributed by atoms with Gasteiger partial charge in [0.15, 0.2) is 0 Å². The van der Waals surface area contributed by atoms with E-state index in [1.807, 2.05) is 42.5 Å². The van der Waals surface area contributed by atoms with E-state index in [2.05, 4.69) is 5.16 Å². The van der Waals surface area contributed by atoms with Crippen molar-refractivity contribution in [2.24, 2.45) is 0 Å². The summed E-state index contributed by atoms with van der Waals surface area (Å²) in [6, 6.07) is 16.9. The SMILES string of the molecule is Oc1ccccc1-c1nocc1-c1ccccc1. The van der Waals surface area contributed by atoms with Crippen molar-refractivity contribution in [3.63, 3.8) is 0 Å². The highest BCUT2D eigenvalue weighted by Crippen LogP contribution is 2.35. The first-order valence-corrected chi connectivity index (χ1v) is 5.64. The van der Waals surface area contributed by atoms with Crippen LogP contribution in [0.4, 0.5) is 0 Å². The van der Waals surface area contributed by atoms with E-state index in [9.17, 15) is 5.11 Å². The number of phenols is 1. The van der Waals surface area contributed by atoms with E-state index in [0.717, 1.165) is 11.1 Å². The monoisotopic (exact) mass is 237 g/mol. The molecule has 3 rings (SSSR count). The van der Waals surface area contributed by atoms with Gasteiger partial charge in [0, 0.05) is 11.1 Å². The molecule has 0 saturated heterocycles. The molecule has 0 aliphatic carbocycles. The number of phenolic OH excluding ortho intramolecular Hbond substituents is 1. The zero-order valence-corrected chi connectivity index (χ0v) is 9.58. The van der Waals surface area contributed by atoms with Gasteiger partial charge in [-0.05, 0) is 17.7 Å². The molecule has 3 heteroatoms. The second-order valence-corrected chi connectivity index (χ2v) is 3.96. The van der Waals surface area contributed by atoms with Crippen molar-refractivity contribution >= 4 is 0 Å². The molecule has 0 bridgehead atoms. The highest BCUT2D eigenvalue weighted by atomic mass is 16.5. The fourth-order valence-electron chi connectivity index (χ4n) is 1.93. The van der Waals surface area contributed by atoms with Crippen LogP contribution < -0.4 is 0 Å². The molecule has 0 atom stereocenters. The van der Waals surface area contributed by atoms with E-state index >= 15 is 0 Å². The summed E-state index contributed by atoms with van der Waals surface area (Å²) in [5.41, 5.74) is 3.21. The first-order valence-electron chi connectivity index (χ1n) is 5.64. The summed E-state index contributed by atoms with van der Waals surface area (Å²) in [6.45, 7) is 0. The van der Waals surface area contributed by atoms with Crippen LogP contribution in [0.2, 0.25) is 0 Å². The van der Waals surface area contributed by atoms with E-state index in [1.165, 1.54) is 0 Å². The van der Waals surface area contributed by atoms with Gasteiger partial charge in [0.05, 0.1) is 0 Å². The van der Waals surface area contributed by atoms with Crippen LogP contribution in [0, 0.1) is 0 Å². The third-order valence-corrected chi connectivity index (χ3v) is 2.81. The van der Waals surface area contributed by atoms with Crippen LogP contribution in [0.15, 0.2) is 65.4 Å². The van der Waals surface area contributed by atoms with Gasteiger partial charge in [0.2, 0.25) is 0 Å². The van der Waals surface area contributed by atoms with Crippen LogP contribution in [-0.4, -0.2) is 10.3 Å². The third kappa shape index (κ3) is 1.76. The Morgan fingerprint density at radius 2 is 1.56 bits per heavy atom. The van der Waals surface area contributed by atoms with Crippen LogP contribution >= 0.6 is 0 Å². The predicted molar refractivity (Wildman–Crippen MR) is 69.0 cm³/mol. The maximum absolute atomic E-state index is 9.87. The van der Waals surface area contributed by atoms with Gasteiger partial charge in [-0.25, -0.2) is 0 Å². The van der Waals surface area contributed by atoms with Crippen molar-refractivity contribution in [1.82, 2.24) is 5.16 Å². The second-order valence-electron chi connectivity index (χ2n) is 3.96. The summed E-state index contributed by atoms with van der Waals surface area (Å²) in [6.07, 6.45) is 1.59. The molecule has 1 heterocycles. The van der Waals surface area contributed by atoms with Gasteiger partial charge in [-0.15, -0.1) is 0 Å². The molecule has 0 radical (unpaired) electrons. The summed E-state index contributed by atoms with van der Waals surface area (Å²) >= 11 is 0. The van der Waals surface area contributed by atoms with E-state index in [-0.39, 0.29) is 5.75 Å². The van der Waals surface area contributed by atoms with Crippen molar-refractivity contribution in [2.45, 2.75) is 0 Å². The average molecular weight is 237 g/mol. The first kappa shape index (κ1) is 10.6. The largest absolute Gasteiger partial charge is 0.507 e. The van der Waals surface area contributed by atoms with Crippen LogP contribution in [0.3, 0.4) is 0 Å². The lowest BCUT2D eigenvalue weighted by molar-refractivity contribution is 0.421. The molecular weight excluding hydrogens is 226 g/mol. The lowest BCUT2D eigenvalue weighted by Crippen LogP contribution is -1.82. The lowest BCUT2D eigenvalue weighted by atomic mass is 10.0. The maximum atomic E-state index is 9.87. The Hall–Kier alpha value is -2.55. The molecule has 0 aliphatic rings.